The van der Waals surface area contributed by atoms with Crippen LogP contribution in [0.4, 0.5) is 0 Å². The standard InChI is InChI=1S/C9H18N2O.C9H17NO2/c1-4-9(12)10-7-5-6-8-11(2)3;1-8(9(11)12)6-4-5-7-10(2)3/h4H,1,5-8H2,2-3H3,(H,10,12);1,4-7H2,2-3H3,(H,11,12). The molecule has 0 aliphatic heterocycles. The summed E-state index contributed by atoms with van der Waals surface area (Å²) in [6, 6.07) is 0. The van der Waals surface area contributed by atoms with Gasteiger partial charge in [0.2, 0.25) is 5.91 Å². The summed E-state index contributed by atoms with van der Waals surface area (Å²) in [5.74, 6) is -0.959. The van der Waals surface area contributed by atoms with Crippen molar-refractivity contribution >= 4 is 11.9 Å². The van der Waals surface area contributed by atoms with Gasteiger partial charge in [-0.1, -0.05) is 13.2 Å². The van der Waals surface area contributed by atoms with Crippen LogP contribution in [0.3, 0.4) is 0 Å². The Bertz CT molecular complexity index is 378. The molecule has 0 rings (SSSR count). The third kappa shape index (κ3) is 20.3. The molecule has 0 aromatic rings. The molecule has 0 unspecified atom stereocenters. The van der Waals surface area contributed by atoms with Crippen molar-refractivity contribution in [1.29, 1.82) is 0 Å². The number of hydrogen-bond acceptors (Lipinski definition) is 4. The van der Waals surface area contributed by atoms with E-state index in [1.165, 1.54) is 6.08 Å². The molecule has 0 aromatic carbocycles. The molecular formula is C18H35N3O3. The molecule has 0 heterocycles. The maximum Gasteiger partial charge on any atom is 0.330 e. The molecule has 0 fully saturated rings. The lowest BCUT2D eigenvalue weighted by atomic mass is 10.1. The molecule has 0 atom stereocenters. The zero-order chi connectivity index (χ0) is 19.0. The van der Waals surface area contributed by atoms with E-state index < -0.39 is 5.97 Å². The summed E-state index contributed by atoms with van der Waals surface area (Å²) in [6.45, 7) is 9.65. The molecule has 0 saturated carbocycles. The van der Waals surface area contributed by atoms with Crippen LogP contribution < -0.4 is 5.32 Å². The van der Waals surface area contributed by atoms with Gasteiger partial charge in [0.15, 0.2) is 0 Å². The Labute approximate surface area is 147 Å². The van der Waals surface area contributed by atoms with Crippen LogP contribution in [0.15, 0.2) is 24.8 Å². The van der Waals surface area contributed by atoms with Gasteiger partial charge in [-0.2, -0.15) is 0 Å². The Hall–Kier alpha value is -1.66. The van der Waals surface area contributed by atoms with Gasteiger partial charge >= 0.3 is 5.97 Å². The molecule has 24 heavy (non-hydrogen) atoms. The molecule has 140 valence electrons. The highest BCUT2D eigenvalue weighted by atomic mass is 16.4. The smallest absolute Gasteiger partial charge is 0.330 e. The van der Waals surface area contributed by atoms with Gasteiger partial charge in [-0.3, -0.25) is 4.79 Å². The molecular weight excluding hydrogens is 306 g/mol. The number of unbranched alkanes of at least 4 members (excludes halogenated alkanes) is 2. The van der Waals surface area contributed by atoms with Crippen molar-refractivity contribution in [3.05, 3.63) is 24.8 Å². The predicted molar refractivity (Wildman–Crippen MR) is 100 cm³/mol. The summed E-state index contributed by atoms with van der Waals surface area (Å²) in [6.07, 6.45) is 5.97. The number of aliphatic carboxylic acids is 1. The largest absolute Gasteiger partial charge is 0.478 e. The van der Waals surface area contributed by atoms with E-state index in [2.05, 4.69) is 28.3 Å². The highest BCUT2D eigenvalue weighted by molar-refractivity contribution is 5.86. The van der Waals surface area contributed by atoms with Gasteiger partial charge in [0.05, 0.1) is 0 Å². The number of nitrogens with zero attached hydrogens (tertiary/aromatic N) is 2. The van der Waals surface area contributed by atoms with E-state index in [-0.39, 0.29) is 5.91 Å². The van der Waals surface area contributed by atoms with E-state index in [1.807, 2.05) is 28.2 Å². The van der Waals surface area contributed by atoms with Crippen molar-refractivity contribution < 1.29 is 14.7 Å². The van der Waals surface area contributed by atoms with Crippen molar-refractivity contribution in [2.45, 2.75) is 32.1 Å². The fourth-order valence-corrected chi connectivity index (χ4v) is 1.71. The highest BCUT2D eigenvalue weighted by Crippen LogP contribution is 2.05. The number of hydrogen-bond donors (Lipinski definition) is 2. The average molecular weight is 341 g/mol. The molecule has 0 bridgehead atoms. The Balaban J connectivity index is 0. The summed E-state index contributed by atoms with van der Waals surface area (Å²) in [7, 11) is 8.10. The summed E-state index contributed by atoms with van der Waals surface area (Å²) in [5, 5.41) is 11.2. The SMILES string of the molecule is C=C(CCCCN(C)C)C(=O)O.C=CC(=O)NCCCCN(C)C. The summed E-state index contributed by atoms with van der Waals surface area (Å²) < 4.78 is 0. The topological polar surface area (TPSA) is 72.9 Å². The second-order valence-electron chi connectivity index (χ2n) is 6.17. The minimum atomic E-state index is -0.875. The van der Waals surface area contributed by atoms with Crippen LogP contribution in [0.25, 0.3) is 0 Å². The van der Waals surface area contributed by atoms with Gasteiger partial charge in [0.1, 0.15) is 0 Å². The van der Waals surface area contributed by atoms with Crippen LogP contribution in [0, 0.1) is 0 Å². The third-order valence-electron chi connectivity index (χ3n) is 3.15. The first kappa shape index (κ1) is 24.6. The number of rotatable bonds is 12. The maximum atomic E-state index is 10.7. The van der Waals surface area contributed by atoms with Crippen molar-refractivity contribution in [2.24, 2.45) is 0 Å². The molecule has 2 N–H and O–H groups in total. The van der Waals surface area contributed by atoms with Gasteiger partial charge in [0, 0.05) is 12.1 Å². The fourth-order valence-electron chi connectivity index (χ4n) is 1.71. The van der Waals surface area contributed by atoms with Crippen LogP contribution >= 0.6 is 0 Å². The van der Waals surface area contributed by atoms with Crippen LogP contribution in [-0.4, -0.2) is 74.6 Å². The first-order valence-electron chi connectivity index (χ1n) is 8.31. The lowest BCUT2D eigenvalue weighted by Gasteiger charge is -2.08. The molecule has 0 saturated heterocycles. The van der Waals surface area contributed by atoms with Crippen molar-refractivity contribution in [3.63, 3.8) is 0 Å². The molecule has 0 aromatic heterocycles. The molecule has 0 aliphatic rings. The van der Waals surface area contributed by atoms with Gasteiger partial charge < -0.3 is 20.2 Å². The number of amides is 1. The predicted octanol–water partition coefficient (Wildman–Crippen LogP) is 1.99. The normalized spacial score (nSPS) is 10.1. The van der Waals surface area contributed by atoms with E-state index in [4.69, 9.17) is 5.11 Å². The van der Waals surface area contributed by atoms with E-state index in [0.717, 1.165) is 45.3 Å². The summed E-state index contributed by atoms with van der Waals surface area (Å²) in [4.78, 5) is 25.2. The monoisotopic (exact) mass is 341 g/mol. The molecule has 6 heteroatoms. The van der Waals surface area contributed by atoms with Crippen LogP contribution in [0.5, 0.6) is 0 Å². The van der Waals surface area contributed by atoms with E-state index in [9.17, 15) is 9.59 Å². The van der Waals surface area contributed by atoms with Crippen molar-refractivity contribution in [3.8, 4) is 0 Å². The minimum absolute atomic E-state index is 0.0835. The van der Waals surface area contributed by atoms with Gasteiger partial charge in [-0.15, -0.1) is 0 Å². The van der Waals surface area contributed by atoms with E-state index in [0.29, 0.717) is 12.0 Å². The minimum Gasteiger partial charge on any atom is -0.478 e. The Kier molecular flexibility index (Phi) is 16.6. The fraction of sp³-hybridized carbons (Fsp3) is 0.667. The third-order valence-corrected chi connectivity index (χ3v) is 3.15. The number of carbonyl (C=O) groups excluding carboxylic acids is 1. The van der Waals surface area contributed by atoms with E-state index >= 15 is 0 Å². The lowest BCUT2D eigenvalue weighted by molar-refractivity contribution is -0.132. The van der Waals surface area contributed by atoms with Crippen molar-refractivity contribution in [1.82, 2.24) is 15.1 Å². The average Bonchev–Trinajstić information content (AvgIpc) is 2.50. The van der Waals surface area contributed by atoms with Crippen LogP contribution in [0.2, 0.25) is 0 Å². The zero-order valence-electron chi connectivity index (χ0n) is 15.8. The van der Waals surface area contributed by atoms with Gasteiger partial charge in [-0.05, 0) is 79.5 Å². The summed E-state index contributed by atoms with van der Waals surface area (Å²) in [5.41, 5.74) is 0.314. The quantitative estimate of drug-likeness (QED) is 0.419. The Morgan fingerprint density at radius 2 is 1.50 bits per heavy atom. The van der Waals surface area contributed by atoms with Crippen molar-refractivity contribution in [2.75, 3.05) is 47.8 Å². The Morgan fingerprint density at radius 1 is 1.00 bits per heavy atom. The second-order valence-corrected chi connectivity index (χ2v) is 6.17. The number of nitrogens with one attached hydrogen (secondary N) is 1. The summed E-state index contributed by atoms with van der Waals surface area (Å²) >= 11 is 0. The number of carbonyl (C=O) groups is 2. The first-order chi connectivity index (χ1) is 11.2. The lowest BCUT2D eigenvalue weighted by Crippen LogP contribution is -2.23. The first-order valence-corrected chi connectivity index (χ1v) is 8.31. The second kappa shape index (κ2) is 16.2. The molecule has 1 amide bonds. The number of carboxylic acids is 1. The zero-order valence-corrected chi connectivity index (χ0v) is 15.8. The molecule has 6 nitrogen and oxygen atoms in total. The number of carboxylic acid groups (broad SMARTS) is 1. The Morgan fingerprint density at radius 3 is 1.92 bits per heavy atom. The van der Waals surface area contributed by atoms with Gasteiger partial charge in [0.25, 0.3) is 0 Å². The highest BCUT2D eigenvalue weighted by Gasteiger charge is 2.02. The molecule has 0 spiro atoms. The maximum absolute atomic E-state index is 10.7. The molecule has 0 radical (unpaired) electrons. The van der Waals surface area contributed by atoms with Crippen LogP contribution in [0.1, 0.15) is 32.1 Å². The van der Waals surface area contributed by atoms with Crippen LogP contribution in [-0.2, 0) is 9.59 Å². The molecule has 0 aliphatic carbocycles. The van der Waals surface area contributed by atoms with Gasteiger partial charge in [-0.25, -0.2) is 4.79 Å². The van der Waals surface area contributed by atoms with E-state index in [1.54, 1.807) is 0 Å².